The fourth-order valence-corrected chi connectivity index (χ4v) is 2.40. The van der Waals surface area contributed by atoms with Crippen LogP contribution in [0.5, 0.6) is 0 Å². The Hall–Kier alpha value is -1.32. The second-order valence-corrected chi connectivity index (χ2v) is 4.93. The first-order valence-electron chi connectivity index (χ1n) is 7.16. The Labute approximate surface area is 115 Å². The molecule has 0 aliphatic rings. The van der Waals surface area contributed by atoms with Crippen LogP contribution in [0.25, 0.3) is 10.9 Å². The van der Waals surface area contributed by atoms with Crippen molar-refractivity contribution in [1.82, 2.24) is 4.57 Å². The molecule has 1 aromatic heterocycles. The Bertz CT molecular complexity index is 518. The van der Waals surface area contributed by atoms with E-state index in [-0.39, 0.29) is 6.04 Å². The van der Waals surface area contributed by atoms with Crippen molar-refractivity contribution in [2.45, 2.75) is 39.3 Å². The van der Waals surface area contributed by atoms with Crippen molar-refractivity contribution in [3.8, 4) is 0 Å². The molecule has 3 heteroatoms. The molecule has 1 unspecified atom stereocenters. The summed E-state index contributed by atoms with van der Waals surface area (Å²) in [6.45, 7) is 6.59. The van der Waals surface area contributed by atoms with Gasteiger partial charge in [-0.25, -0.2) is 0 Å². The largest absolute Gasteiger partial charge is 0.380 e. The van der Waals surface area contributed by atoms with Crippen LogP contribution in [0.2, 0.25) is 0 Å². The van der Waals surface area contributed by atoms with Gasteiger partial charge in [-0.15, -0.1) is 0 Å². The first kappa shape index (κ1) is 14.1. The van der Waals surface area contributed by atoms with Gasteiger partial charge in [0, 0.05) is 36.3 Å². The molecular formula is C16H24N2O. The van der Waals surface area contributed by atoms with Crippen LogP contribution >= 0.6 is 0 Å². The molecular weight excluding hydrogens is 236 g/mol. The normalized spacial score (nSPS) is 13.0. The summed E-state index contributed by atoms with van der Waals surface area (Å²) in [5.41, 5.74) is 8.72. The van der Waals surface area contributed by atoms with Gasteiger partial charge in [-0.05, 0) is 31.4 Å². The zero-order valence-electron chi connectivity index (χ0n) is 11.9. The van der Waals surface area contributed by atoms with Crippen molar-refractivity contribution in [3.05, 3.63) is 36.0 Å². The summed E-state index contributed by atoms with van der Waals surface area (Å²) in [5, 5.41) is 1.32. The van der Waals surface area contributed by atoms with Crippen LogP contribution in [0.1, 0.15) is 25.8 Å². The molecule has 0 aliphatic heterocycles. The van der Waals surface area contributed by atoms with Crippen LogP contribution in [0.4, 0.5) is 0 Å². The first-order valence-corrected chi connectivity index (χ1v) is 7.16. The molecule has 0 saturated heterocycles. The fourth-order valence-electron chi connectivity index (χ4n) is 2.40. The molecule has 0 amide bonds. The van der Waals surface area contributed by atoms with Gasteiger partial charge in [0.1, 0.15) is 0 Å². The van der Waals surface area contributed by atoms with Gasteiger partial charge in [-0.1, -0.05) is 25.1 Å². The SMILES string of the molecule is CCOCCn1cc(CC(N)CC)c2ccccc21. The molecule has 3 nitrogen and oxygen atoms in total. The van der Waals surface area contributed by atoms with E-state index in [2.05, 4.69) is 42.0 Å². The number of nitrogens with zero attached hydrogens (tertiary/aromatic N) is 1. The second-order valence-electron chi connectivity index (χ2n) is 4.93. The van der Waals surface area contributed by atoms with Crippen molar-refractivity contribution in [3.63, 3.8) is 0 Å². The van der Waals surface area contributed by atoms with Crippen LogP contribution < -0.4 is 5.73 Å². The van der Waals surface area contributed by atoms with Gasteiger partial charge >= 0.3 is 0 Å². The number of ether oxygens (including phenoxy) is 1. The molecule has 0 saturated carbocycles. The van der Waals surface area contributed by atoms with Gasteiger partial charge in [0.15, 0.2) is 0 Å². The molecule has 0 radical (unpaired) electrons. The van der Waals surface area contributed by atoms with Gasteiger partial charge in [0.2, 0.25) is 0 Å². The highest BCUT2D eigenvalue weighted by Crippen LogP contribution is 2.22. The zero-order chi connectivity index (χ0) is 13.7. The molecule has 19 heavy (non-hydrogen) atoms. The predicted octanol–water partition coefficient (Wildman–Crippen LogP) is 2.96. The third-order valence-corrected chi connectivity index (χ3v) is 3.56. The average Bonchev–Trinajstić information content (AvgIpc) is 2.78. The number of benzene rings is 1. The highest BCUT2D eigenvalue weighted by atomic mass is 16.5. The van der Waals surface area contributed by atoms with Crippen molar-refractivity contribution in [2.24, 2.45) is 5.73 Å². The average molecular weight is 260 g/mol. The minimum absolute atomic E-state index is 0.242. The van der Waals surface area contributed by atoms with E-state index in [0.29, 0.717) is 0 Å². The number of aromatic nitrogens is 1. The van der Waals surface area contributed by atoms with Gasteiger partial charge < -0.3 is 15.0 Å². The highest BCUT2D eigenvalue weighted by Gasteiger charge is 2.10. The van der Waals surface area contributed by atoms with E-state index in [0.717, 1.165) is 32.6 Å². The van der Waals surface area contributed by atoms with Crippen LogP contribution in [-0.4, -0.2) is 23.8 Å². The van der Waals surface area contributed by atoms with Crippen LogP contribution in [-0.2, 0) is 17.7 Å². The third-order valence-electron chi connectivity index (χ3n) is 3.56. The maximum Gasteiger partial charge on any atom is 0.0645 e. The Kier molecular flexibility index (Phi) is 5.00. The Balaban J connectivity index is 2.26. The summed E-state index contributed by atoms with van der Waals surface area (Å²) in [6.07, 6.45) is 4.19. The molecule has 0 spiro atoms. The van der Waals surface area contributed by atoms with E-state index in [1.165, 1.54) is 16.5 Å². The Morgan fingerprint density at radius 3 is 2.79 bits per heavy atom. The molecule has 0 bridgehead atoms. The van der Waals surface area contributed by atoms with Crippen molar-refractivity contribution >= 4 is 10.9 Å². The predicted molar refractivity (Wildman–Crippen MR) is 80.4 cm³/mol. The molecule has 1 atom stereocenters. The number of fused-ring (bicyclic) bond motifs is 1. The number of hydrogen-bond donors (Lipinski definition) is 1. The van der Waals surface area contributed by atoms with E-state index < -0.39 is 0 Å². The summed E-state index contributed by atoms with van der Waals surface area (Å²) >= 11 is 0. The number of para-hydroxylation sites is 1. The van der Waals surface area contributed by atoms with E-state index in [1.807, 2.05) is 6.92 Å². The molecule has 1 heterocycles. The molecule has 2 N–H and O–H groups in total. The Morgan fingerprint density at radius 1 is 1.26 bits per heavy atom. The van der Waals surface area contributed by atoms with Gasteiger partial charge in [0.25, 0.3) is 0 Å². The summed E-state index contributed by atoms with van der Waals surface area (Å²) in [4.78, 5) is 0. The molecule has 1 aromatic carbocycles. The minimum atomic E-state index is 0.242. The van der Waals surface area contributed by atoms with Gasteiger partial charge in [-0.2, -0.15) is 0 Å². The lowest BCUT2D eigenvalue weighted by Gasteiger charge is -2.06. The minimum Gasteiger partial charge on any atom is -0.380 e. The lowest BCUT2D eigenvalue weighted by Crippen LogP contribution is -2.21. The molecule has 2 aromatic rings. The quantitative estimate of drug-likeness (QED) is 0.777. The third kappa shape index (κ3) is 3.37. The molecule has 0 fully saturated rings. The highest BCUT2D eigenvalue weighted by molar-refractivity contribution is 5.84. The smallest absolute Gasteiger partial charge is 0.0645 e. The summed E-state index contributed by atoms with van der Waals surface area (Å²) in [7, 11) is 0. The van der Waals surface area contributed by atoms with Gasteiger partial charge in [0.05, 0.1) is 6.61 Å². The lowest BCUT2D eigenvalue weighted by atomic mass is 10.0. The molecule has 2 rings (SSSR count). The maximum absolute atomic E-state index is 6.09. The van der Waals surface area contributed by atoms with Crippen LogP contribution in [0.15, 0.2) is 30.5 Å². The second kappa shape index (κ2) is 6.73. The monoisotopic (exact) mass is 260 g/mol. The number of rotatable bonds is 7. The van der Waals surface area contributed by atoms with Crippen LogP contribution in [0.3, 0.4) is 0 Å². The first-order chi connectivity index (χ1) is 9.26. The number of nitrogens with two attached hydrogens (primary N) is 1. The standard InChI is InChI=1S/C16H24N2O/c1-3-14(17)11-13-12-18(9-10-19-4-2)16-8-6-5-7-15(13)16/h5-8,12,14H,3-4,9-11,17H2,1-2H3. The van der Waals surface area contributed by atoms with Crippen molar-refractivity contribution < 1.29 is 4.74 Å². The molecule has 104 valence electrons. The Morgan fingerprint density at radius 2 is 2.05 bits per heavy atom. The summed E-state index contributed by atoms with van der Waals surface area (Å²) < 4.78 is 7.73. The van der Waals surface area contributed by atoms with Crippen molar-refractivity contribution in [2.75, 3.05) is 13.2 Å². The van der Waals surface area contributed by atoms with Gasteiger partial charge in [-0.3, -0.25) is 0 Å². The number of hydrogen-bond acceptors (Lipinski definition) is 2. The maximum atomic E-state index is 6.09. The van der Waals surface area contributed by atoms with E-state index in [4.69, 9.17) is 10.5 Å². The summed E-state index contributed by atoms with van der Waals surface area (Å²) in [6, 6.07) is 8.78. The fraction of sp³-hybridized carbons (Fsp3) is 0.500. The van der Waals surface area contributed by atoms with Crippen molar-refractivity contribution in [1.29, 1.82) is 0 Å². The molecule has 0 aliphatic carbocycles. The zero-order valence-corrected chi connectivity index (χ0v) is 11.9. The van der Waals surface area contributed by atoms with E-state index in [1.54, 1.807) is 0 Å². The van der Waals surface area contributed by atoms with E-state index in [9.17, 15) is 0 Å². The van der Waals surface area contributed by atoms with Crippen LogP contribution in [0, 0.1) is 0 Å². The topological polar surface area (TPSA) is 40.2 Å². The summed E-state index contributed by atoms with van der Waals surface area (Å²) in [5.74, 6) is 0. The lowest BCUT2D eigenvalue weighted by molar-refractivity contribution is 0.140. The van der Waals surface area contributed by atoms with E-state index >= 15 is 0 Å².